The molecule has 684 valence electrons. The number of anilines is 6. The van der Waals surface area contributed by atoms with Crippen molar-refractivity contribution in [3.8, 4) is 100 Å². The Balaban J connectivity index is 0.000000149. The van der Waals surface area contributed by atoms with Gasteiger partial charge in [-0.3, -0.25) is 0 Å². The summed E-state index contributed by atoms with van der Waals surface area (Å²) >= 11 is 28.2. The van der Waals surface area contributed by atoms with Crippen LogP contribution in [0, 0.1) is 3.57 Å². The number of hydrogen-bond acceptors (Lipinski definition) is 2. The molecule has 0 saturated heterocycles. The number of nitrogens with zero attached hydrogens (tertiary/aromatic N) is 2. The smallest absolute Gasteiger partial charge is 0.0468 e. The van der Waals surface area contributed by atoms with E-state index in [2.05, 4.69) is 496 Å². The molecule has 7 heteroatoms. The Morgan fingerprint density at radius 3 is 0.845 bits per heavy atom. The van der Waals surface area contributed by atoms with Crippen LogP contribution in [0.3, 0.4) is 0 Å². The maximum absolute atomic E-state index is 6.49. The van der Waals surface area contributed by atoms with Gasteiger partial charge in [0.05, 0.1) is 0 Å². The summed E-state index contributed by atoms with van der Waals surface area (Å²) in [6.45, 7) is 23.6. The second-order valence-corrected chi connectivity index (χ2v) is 44.3. The molecule has 27 rings (SSSR count). The lowest BCUT2D eigenvalue weighted by Crippen LogP contribution is -2.25. The van der Waals surface area contributed by atoms with Crippen molar-refractivity contribution in [1.29, 1.82) is 0 Å². The van der Waals surface area contributed by atoms with Crippen LogP contribution in [0.15, 0.2) is 419 Å². The standard InChI is InChI=1S/C83H64N2.C29H20Cl2.C23H15Cl2I/c1-81(2)72-30-18-16-27-64(72)66-45-41-61(50-75(66)81)84(58-37-33-55(34-38-58)53-21-10-7-11-22-53)60-43-47-69-71(49-60)68-29-20-32-74-79(68)80(78(69)57-25-14-9-15-26-57)70-48-44-63(52-77(70)83(74,5)6)85(59-39-35-56(36-40-59)54-23-12-8-13-24-54)62-42-46-67-65-28-17-19-31-73(65)82(3,4)76(67)51-62;1-29(2)24-10-6-9-20-23-15-18(30)11-13-21(23)26(17-7-4-3-5-8-17)28(27(20)24)22-14-12-19(31)16-25(22)29;1-23(2)18-5-3-4-14-17-10-12(24)6-8-15(17)22(26)21(20(14)18)16-9-7-13(25)11-19(16)23/h7-52H,1-6H3;3-16H,1-2H3;3-11H,1-2H3. The van der Waals surface area contributed by atoms with Crippen LogP contribution in [0.1, 0.15) is 125 Å². The number of benzene rings is 22. The summed E-state index contributed by atoms with van der Waals surface area (Å²) in [4.78, 5) is 4.97. The van der Waals surface area contributed by atoms with Crippen molar-refractivity contribution in [2.45, 2.75) is 96.3 Å². The van der Waals surface area contributed by atoms with Crippen molar-refractivity contribution >= 4 is 168 Å². The molecule has 0 aromatic heterocycles. The molecule has 22 aromatic rings. The predicted molar refractivity (Wildman–Crippen MR) is 616 cm³/mol. The summed E-state index contributed by atoms with van der Waals surface area (Å²) in [5, 5.41) is 18.2. The van der Waals surface area contributed by atoms with Crippen LogP contribution in [0.25, 0.3) is 165 Å². The fourth-order valence-electron chi connectivity index (χ4n) is 24.8. The Kier molecular flexibility index (Phi) is 21.3. The summed E-state index contributed by atoms with van der Waals surface area (Å²) in [7, 11) is 0. The highest BCUT2D eigenvalue weighted by Gasteiger charge is 2.43. The van der Waals surface area contributed by atoms with Gasteiger partial charge in [-0.25, -0.2) is 0 Å². The summed E-state index contributed by atoms with van der Waals surface area (Å²) in [5.74, 6) is 0. The third-order valence-corrected chi connectivity index (χ3v) is 33.9. The first-order chi connectivity index (χ1) is 68.8. The monoisotopic (exact) mass is 2010 g/mol. The van der Waals surface area contributed by atoms with E-state index in [4.69, 9.17) is 46.4 Å². The minimum absolute atomic E-state index is 0.109. The summed E-state index contributed by atoms with van der Waals surface area (Å²) in [5.41, 5.74) is 41.9. The van der Waals surface area contributed by atoms with E-state index in [0.29, 0.717) is 0 Å². The van der Waals surface area contributed by atoms with E-state index in [9.17, 15) is 0 Å². The van der Waals surface area contributed by atoms with E-state index in [-0.39, 0.29) is 27.1 Å². The van der Waals surface area contributed by atoms with Crippen molar-refractivity contribution in [3.63, 3.8) is 0 Å². The zero-order valence-corrected chi connectivity index (χ0v) is 85.8. The molecule has 5 aliphatic rings. The molecule has 0 saturated carbocycles. The minimum Gasteiger partial charge on any atom is -0.310 e. The third-order valence-electron chi connectivity index (χ3n) is 31.8. The number of hydrogen-bond donors (Lipinski definition) is 0. The van der Waals surface area contributed by atoms with Crippen LogP contribution in [0.4, 0.5) is 34.1 Å². The Morgan fingerprint density at radius 2 is 0.430 bits per heavy atom. The molecule has 0 bridgehead atoms. The van der Waals surface area contributed by atoms with Gasteiger partial charge >= 0.3 is 0 Å². The van der Waals surface area contributed by atoms with Crippen LogP contribution >= 0.6 is 69.0 Å². The quantitative estimate of drug-likeness (QED) is 0.0995. The van der Waals surface area contributed by atoms with Gasteiger partial charge in [-0.1, -0.05) is 413 Å². The lowest BCUT2D eigenvalue weighted by Gasteiger charge is -2.38. The first-order valence-corrected chi connectivity index (χ1v) is 51.7. The maximum Gasteiger partial charge on any atom is 0.0468 e. The Bertz CT molecular complexity index is 9030. The van der Waals surface area contributed by atoms with Crippen LogP contribution < -0.4 is 9.80 Å². The highest BCUT2D eigenvalue weighted by Crippen LogP contribution is 2.62. The summed E-state index contributed by atoms with van der Waals surface area (Å²) in [6, 6.07) is 154. The highest BCUT2D eigenvalue weighted by molar-refractivity contribution is 14.1. The fourth-order valence-corrected chi connectivity index (χ4v) is 26.6. The zero-order valence-electron chi connectivity index (χ0n) is 80.6. The van der Waals surface area contributed by atoms with Crippen molar-refractivity contribution in [1.82, 2.24) is 0 Å². The zero-order chi connectivity index (χ0) is 96.9. The SMILES string of the molecule is CC1(C)c2cc(Cl)ccc2-c2c(-c3ccccc3)c3ccc(Cl)cc3c3cccc1c23.CC1(C)c2cc(Cl)ccc2-c2c(I)c3ccc(Cl)cc3c3cccc1c23.CC1(C)c2ccccc2-c2ccc(N(c3ccc(-c4ccccc4)cc3)c3ccc4c(c3)C(C)(C)c3cccc5c3c-4c(-c3ccccc3)c3ccc(N(c4ccc(-c6ccccc6)cc4)c4ccc6c(c4)C(C)(C)c4ccccc4-6)cc35)cc21. The van der Waals surface area contributed by atoms with Crippen molar-refractivity contribution in [2.75, 3.05) is 9.80 Å². The molecule has 22 aromatic carbocycles. The molecule has 0 unspecified atom stereocenters. The van der Waals surface area contributed by atoms with E-state index in [0.717, 1.165) is 54.2 Å². The van der Waals surface area contributed by atoms with E-state index in [1.54, 1.807) is 0 Å². The van der Waals surface area contributed by atoms with E-state index in [1.807, 2.05) is 24.3 Å². The maximum atomic E-state index is 6.49. The topological polar surface area (TPSA) is 6.48 Å². The molecule has 0 fully saturated rings. The first-order valence-electron chi connectivity index (χ1n) is 49.1. The van der Waals surface area contributed by atoms with E-state index >= 15 is 0 Å². The molecule has 0 N–H and O–H groups in total. The molecule has 0 atom stereocenters. The van der Waals surface area contributed by atoms with Gasteiger partial charge in [-0.2, -0.15) is 0 Å². The number of rotatable bonds is 10. The average Bonchev–Trinajstić information content (AvgIpc) is 0.862. The van der Waals surface area contributed by atoms with Gasteiger partial charge in [0.2, 0.25) is 0 Å². The largest absolute Gasteiger partial charge is 0.310 e. The molecular weight excluding hydrogens is 1920 g/mol. The second-order valence-electron chi connectivity index (χ2n) is 41.5. The van der Waals surface area contributed by atoms with Crippen molar-refractivity contribution in [2.24, 2.45) is 0 Å². The third kappa shape index (κ3) is 14.0. The van der Waals surface area contributed by atoms with Gasteiger partial charge in [0, 0.05) is 90.4 Å². The molecule has 142 heavy (non-hydrogen) atoms. The van der Waals surface area contributed by atoms with E-state index < -0.39 is 0 Å². The highest BCUT2D eigenvalue weighted by atomic mass is 127. The molecule has 0 spiro atoms. The Labute approximate surface area is 864 Å². The summed E-state index contributed by atoms with van der Waals surface area (Å²) < 4.78 is 1.27. The second kappa shape index (κ2) is 33.8. The molecule has 5 aliphatic carbocycles. The molecule has 0 radical (unpaired) electrons. The van der Waals surface area contributed by atoms with Crippen molar-refractivity contribution in [3.05, 3.63) is 498 Å². The molecule has 0 heterocycles. The Hall–Kier alpha value is -14.1. The Morgan fingerprint density at radius 1 is 0.169 bits per heavy atom. The van der Waals surface area contributed by atoms with Gasteiger partial charge in [0.1, 0.15) is 0 Å². The molecule has 0 aliphatic heterocycles. The number of fused-ring (bicyclic) bond motifs is 18. The average molecular weight is 2020 g/mol. The van der Waals surface area contributed by atoms with Crippen LogP contribution in [0.2, 0.25) is 20.1 Å². The van der Waals surface area contributed by atoms with Crippen molar-refractivity contribution < 1.29 is 0 Å². The van der Waals surface area contributed by atoms with Crippen LogP contribution in [-0.2, 0) is 27.1 Å². The first kappa shape index (κ1) is 89.3. The van der Waals surface area contributed by atoms with Crippen LogP contribution in [0.5, 0.6) is 0 Å². The van der Waals surface area contributed by atoms with Gasteiger partial charge in [-0.05, 0) is 359 Å². The molecule has 2 nitrogen and oxygen atoms in total. The van der Waals surface area contributed by atoms with Gasteiger partial charge in [0.15, 0.2) is 0 Å². The minimum atomic E-state index is -0.372. The van der Waals surface area contributed by atoms with Gasteiger partial charge < -0.3 is 9.80 Å². The van der Waals surface area contributed by atoms with Crippen LogP contribution in [-0.4, -0.2) is 0 Å². The normalized spacial score (nSPS) is 14.3. The molecule has 0 amide bonds. The van der Waals surface area contributed by atoms with Gasteiger partial charge in [0.25, 0.3) is 0 Å². The van der Waals surface area contributed by atoms with Gasteiger partial charge in [-0.15, -0.1) is 0 Å². The van der Waals surface area contributed by atoms with E-state index in [1.165, 1.54) is 224 Å². The lowest BCUT2D eigenvalue weighted by atomic mass is 9.66. The predicted octanol–water partition coefficient (Wildman–Crippen LogP) is 40.3. The lowest BCUT2D eigenvalue weighted by molar-refractivity contribution is 0.645. The molecular formula is C135H99Cl4IN2. The fraction of sp³-hybridized carbons (Fsp3) is 0.111. The number of halogens is 5. The summed E-state index contributed by atoms with van der Waals surface area (Å²) in [6.07, 6.45) is 0.